The van der Waals surface area contributed by atoms with Crippen LogP contribution in [0.25, 0.3) is 0 Å². The molecule has 3 aromatic rings. The lowest BCUT2D eigenvalue weighted by Gasteiger charge is -2.41. The van der Waals surface area contributed by atoms with Gasteiger partial charge in [-0.15, -0.1) is 0 Å². The van der Waals surface area contributed by atoms with Gasteiger partial charge in [0.2, 0.25) is 5.91 Å². The molecule has 0 saturated carbocycles. The van der Waals surface area contributed by atoms with Crippen molar-refractivity contribution in [3.8, 4) is 11.5 Å². The fourth-order valence-corrected chi connectivity index (χ4v) is 4.29. The molecule has 0 spiro atoms. The number of amides is 3. The van der Waals surface area contributed by atoms with Crippen LogP contribution in [0.2, 0.25) is 5.02 Å². The maximum atomic E-state index is 13.5. The smallest absolute Gasteiger partial charge is 0.328 e. The van der Waals surface area contributed by atoms with E-state index < -0.39 is 35.8 Å². The molecule has 0 radical (unpaired) electrons. The molecule has 1 aromatic heterocycles. The summed E-state index contributed by atoms with van der Waals surface area (Å²) >= 11 is 6.02. The van der Waals surface area contributed by atoms with Crippen LogP contribution in [0.1, 0.15) is 24.6 Å². The minimum Gasteiger partial charge on any atom is -0.469 e. The topological polar surface area (TPSA) is 101 Å². The van der Waals surface area contributed by atoms with Crippen molar-refractivity contribution in [2.75, 3.05) is 19.0 Å². The van der Waals surface area contributed by atoms with Gasteiger partial charge < -0.3 is 14.8 Å². The zero-order valence-corrected chi connectivity index (χ0v) is 22.4. The monoisotopic (exact) mass is 554 g/mol. The Hall–Kier alpha value is -4.18. The van der Waals surface area contributed by atoms with E-state index in [0.717, 1.165) is 10.5 Å². The molecule has 39 heavy (non-hydrogen) atoms. The lowest BCUT2D eigenvalue weighted by atomic mass is 10.1. The van der Waals surface area contributed by atoms with Gasteiger partial charge >= 0.3 is 12.0 Å². The van der Waals surface area contributed by atoms with Crippen LogP contribution in [-0.2, 0) is 20.9 Å². The first kappa shape index (κ1) is 27.8. The van der Waals surface area contributed by atoms with Gasteiger partial charge in [0, 0.05) is 24.2 Å². The molecule has 3 amide bonds. The van der Waals surface area contributed by atoms with Gasteiger partial charge in [0.05, 0.1) is 25.1 Å². The van der Waals surface area contributed by atoms with Gasteiger partial charge in [-0.2, -0.15) is 0 Å². The predicted octanol–water partition coefficient (Wildman–Crippen LogP) is 5.38. The number of methoxy groups -OCH3 is 1. The summed E-state index contributed by atoms with van der Waals surface area (Å²) in [6.45, 7) is 3.42. The van der Waals surface area contributed by atoms with E-state index in [1.165, 1.54) is 24.1 Å². The molecule has 1 aliphatic heterocycles. The highest BCUT2D eigenvalue weighted by Crippen LogP contribution is 2.28. The van der Waals surface area contributed by atoms with Gasteiger partial charge in [0.15, 0.2) is 0 Å². The van der Waals surface area contributed by atoms with Crippen molar-refractivity contribution in [1.82, 2.24) is 14.8 Å². The third kappa shape index (κ3) is 6.83. The largest absolute Gasteiger partial charge is 0.469 e. The third-order valence-corrected chi connectivity index (χ3v) is 6.48. The third-order valence-electron chi connectivity index (χ3n) is 6.22. The SMILES string of the molecule is COC(=O)[C@@H](C)CN1C(=O)CC(Nc2ccc(Oc3cccc(F)c3)c(C)n2)N(Cc2ccc(Cl)cc2)C1=O. The Balaban J connectivity index is 1.56. The molecular formula is C28H28ClFN4O5. The minimum atomic E-state index is -0.716. The summed E-state index contributed by atoms with van der Waals surface area (Å²) in [6, 6.07) is 15.6. The molecule has 4 rings (SSSR count). The van der Waals surface area contributed by atoms with Crippen LogP contribution in [-0.4, -0.2) is 52.5 Å². The fourth-order valence-electron chi connectivity index (χ4n) is 4.17. The first-order valence-corrected chi connectivity index (χ1v) is 12.6. The van der Waals surface area contributed by atoms with Gasteiger partial charge in [-0.25, -0.2) is 14.2 Å². The normalized spacial score (nSPS) is 16.2. The van der Waals surface area contributed by atoms with E-state index in [-0.39, 0.29) is 19.5 Å². The zero-order valence-electron chi connectivity index (χ0n) is 21.7. The maximum absolute atomic E-state index is 13.5. The number of rotatable bonds is 9. The zero-order chi connectivity index (χ0) is 28.1. The summed E-state index contributed by atoms with van der Waals surface area (Å²) in [7, 11) is 1.26. The van der Waals surface area contributed by atoms with Crippen LogP contribution in [0.3, 0.4) is 0 Å². The standard InChI is InChI=1S/C28H28ClFN4O5/c1-17(27(36)38-3)15-34-26(35)14-25(33(28(34)37)16-19-7-9-20(29)10-8-19)32-24-12-11-23(18(2)31-24)39-22-6-4-5-21(30)13-22/h4-13,17,25H,14-16H2,1-3H3,(H,31,32)/t17-,25?/m0/s1. The number of nitrogens with one attached hydrogen (secondary N) is 1. The Morgan fingerprint density at radius 1 is 1.18 bits per heavy atom. The molecule has 1 N–H and O–H groups in total. The number of imide groups is 1. The molecule has 204 valence electrons. The van der Waals surface area contributed by atoms with Crippen LogP contribution in [0, 0.1) is 18.7 Å². The number of pyridine rings is 1. The molecule has 2 heterocycles. The molecule has 2 aromatic carbocycles. The highest BCUT2D eigenvalue weighted by molar-refractivity contribution is 6.30. The first-order valence-electron chi connectivity index (χ1n) is 12.3. The second-order valence-electron chi connectivity index (χ2n) is 9.17. The van der Waals surface area contributed by atoms with Crippen molar-refractivity contribution in [2.45, 2.75) is 33.0 Å². The number of ether oxygens (including phenoxy) is 2. The van der Waals surface area contributed by atoms with Crippen molar-refractivity contribution >= 4 is 35.3 Å². The summed E-state index contributed by atoms with van der Waals surface area (Å²) in [6.07, 6.45) is -0.762. The quantitative estimate of drug-likeness (QED) is 0.354. The number of urea groups is 1. The molecule has 1 aliphatic rings. The molecule has 1 fully saturated rings. The molecule has 2 atom stereocenters. The van der Waals surface area contributed by atoms with Crippen LogP contribution in [0.15, 0.2) is 60.7 Å². The molecule has 0 bridgehead atoms. The van der Waals surface area contributed by atoms with Crippen LogP contribution < -0.4 is 10.1 Å². The van der Waals surface area contributed by atoms with Crippen molar-refractivity contribution < 1.29 is 28.2 Å². The van der Waals surface area contributed by atoms with Crippen LogP contribution in [0.4, 0.5) is 15.0 Å². The number of benzene rings is 2. The number of anilines is 1. The minimum absolute atomic E-state index is 0.0461. The Morgan fingerprint density at radius 2 is 1.92 bits per heavy atom. The second kappa shape index (κ2) is 12.1. The average molecular weight is 555 g/mol. The lowest BCUT2D eigenvalue weighted by molar-refractivity contribution is -0.146. The number of carbonyl (C=O) groups is 3. The number of carbonyl (C=O) groups excluding carboxylic acids is 3. The number of nitrogens with zero attached hydrogens (tertiary/aromatic N) is 3. The lowest BCUT2D eigenvalue weighted by Crippen LogP contribution is -2.59. The Bertz CT molecular complexity index is 1370. The maximum Gasteiger partial charge on any atom is 0.328 e. The van der Waals surface area contributed by atoms with E-state index >= 15 is 0 Å². The highest BCUT2D eigenvalue weighted by atomic mass is 35.5. The van der Waals surface area contributed by atoms with Crippen molar-refractivity contribution in [2.24, 2.45) is 5.92 Å². The fraction of sp³-hybridized carbons (Fsp3) is 0.286. The molecule has 0 aliphatic carbocycles. The van der Waals surface area contributed by atoms with Gasteiger partial charge in [0.1, 0.15) is 29.3 Å². The van der Waals surface area contributed by atoms with E-state index in [1.807, 2.05) is 0 Å². The van der Waals surface area contributed by atoms with Crippen LogP contribution >= 0.6 is 11.6 Å². The molecule has 1 unspecified atom stereocenters. The van der Waals surface area contributed by atoms with Gasteiger partial charge in [-0.1, -0.05) is 36.7 Å². The van der Waals surface area contributed by atoms with E-state index in [1.54, 1.807) is 62.4 Å². The van der Waals surface area contributed by atoms with Gasteiger partial charge in [-0.05, 0) is 48.9 Å². The first-order chi connectivity index (χ1) is 18.6. The number of aromatic nitrogens is 1. The molecular weight excluding hydrogens is 527 g/mol. The van der Waals surface area contributed by atoms with Crippen molar-refractivity contribution in [3.05, 3.63) is 82.8 Å². The van der Waals surface area contributed by atoms with E-state index in [9.17, 15) is 18.8 Å². The molecule has 9 nitrogen and oxygen atoms in total. The predicted molar refractivity (Wildman–Crippen MR) is 143 cm³/mol. The molecule has 1 saturated heterocycles. The Kier molecular flexibility index (Phi) is 8.65. The van der Waals surface area contributed by atoms with Crippen molar-refractivity contribution in [1.29, 1.82) is 0 Å². The Morgan fingerprint density at radius 3 is 2.59 bits per heavy atom. The van der Waals surface area contributed by atoms with E-state index in [0.29, 0.717) is 28.0 Å². The molecule has 11 heteroatoms. The van der Waals surface area contributed by atoms with Gasteiger partial charge in [-0.3, -0.25) is 19.4 Å². The summed E-state index contributed by atoms with van der Waals surface area (Å²) in [5.74, 6) is -0.855. The average Bonchev–Trinajstić information content (AvgIpc) is 2.91. The summed E-state index contributed by atoms with van der Waals surface area (Å²) < 4.78 is 24.0. The number of hydrogen-bond acceptors (Lipinski definition) is 7. The van der Waals surface area contributed by atoms with E-state index in [4.69, 9.17) is 21.1 Å². The second-order valence-corrected chi connectivity index (χ2v) is 9.61. The number of hydrogen-bond donors (Lipinski definition) is 1. The highest BCUT2D eigenvalue weighted by Gasteiger charge is 2.40. The number of aryl methyl sites for hydroxylation is 1. The summed E-state index contributed by atoms with van der Waals surface area (Å²) in [4.78, 5) is 45.7. The van der Waals surface area contributed by atoms with Crippen molar-refractivity contribution in [3.63, 3.8) is 0 Å². The Labute approximate surface area is 230 Å². The summed E-state index contributed by atoms with van der Waals surface area (Å²) in [5, 5.41) is 3.74. The van der Waals surface area contributed by atoms with Crippen LogP contribution in [0.5, 0.6) is 11.5 Å². The number of halogens is 2. The summed E-state index contributed by atoms with van der Waals surface area (Å²) in [5.41, 5.74) is 1.33. The van der Waals surface area contributed by atoms with Gasteiger partial charge in [0.25, 0.3) is 0 Å². The number of esters is 1. The van der Waals surface area contributed by atoms with E-state index in [2.05, 4.69) is 10.3 Å².